The molecule has 8 heteroatoms. The van der Waals surface area contributed by atoms with Crippen LogP contribution in [-0.4, -0.2) is 20.5 Å². The van der Waals surface area contributed by atoms with E-state index < -0.39 is 11.1 Å². The fraction of sp³-hybridized carbons (Fsp3) is 0.167. The number of aromatic amines is 1. The highest BCUT2D eigenvalue weighted by Gasteiger charge is 2.12. The smallest absolute Gasteiger partial charge is 0.294 e. The lowest BCUT2D eigenvalue weighted by Crippen LogP contribution is -2.33. The van der Waals surface area contributed by atoms with Gasteiger partial charge in [0.15, 0.2) is 10.9 Å². The second-order valence-corrected chi connectivity index (χ2v) is 5.92. The van der Waals surface area contributed by atoms with E-state index in [4.69, 9.17) is 0 Å². The number of aryl methyl sites for hydroxylation is 1. The number of nitrogens with one attached hydrogen (secondary N) is 1. The van der Waals surface area contributed by atoms with Crippen molar-refractivity contribution in [2.45, 2.75) is 17.0 Å². The van der Waals surface area contributed by atoms with Crippen LogP contribution in [0.4, 0.5) is 0 Å². The quantitative estimate of drug-likeness (QED) is 0.667. The first kappa shape index (κ1) is 14.7. The lowest BCUT2D eigenvalue weighted by molar-refractivity contribution is 0.101. The third-order valence-corrected chi connectivity index (χ3v) is 4.07. The van der Waals surface area contributed by atoms with Crippen LogP contribution in [0.1, 0.15) is 17.3 Å². The summed E-state index contributed by atoms with van der Waals surface area (Å²) in [6.07, 6.45) is 0. The Morgan fingerprint density at radius 2 is 2.10 bits per heavy atom. The Morgan fingerprint density at radius 3 is 2.75 bits per heavy atom. The summed E-state index contributed by atoms with van der Waals surface area (Å²) in [7, 11) is 1.57. The summed E-state index contributed by atoms with van der Waals surface area (Å²) < 4.78 is 2.15. The van der Waals surface area contributed by atoms with Gasteiger partial charge in [-0.1, -0.05) is 15.9 Å². The van der Waals surface area contributed by atoms with Crippen LogP contribution in [0, 0.1) is 0 Å². The zero-order chi connectivity index (χ0) is 14.9. The van der Waals surface area contributed by atoms with Crippen LogP contribution in [0.15, 0.2) is 42.3 Å². The van der Waals surface area contributed by atoms with Gasteiger partial charge in [-0.2, -0.15) is 4.98 Å². The number of hydrogen-bond acceptors (Lipinski definition) is 5. The summed E-state index contributed by atoms with van der Waals surface area (Å²) >= 11 is 4.47. The van der Waals surface area contributed by atoms with Crippen LogP contribution in [0.25, 0.3) is 0 Å². The Balaban J connectivity index is 2.52. The number of nitrogens with zero attached hydrogens (tertiary/aromatic N) is 2. The SMILES string of the molecule is CC(=O)c1ccc(Br)cc1Sc1nc(=O)c(=O)[nH]n1C. The summed E-state index contributed by atoms with van der Waals surface area (Å²) in [6.45, 7) is 1.46. The van der Waals surface area contributed by atoms with E-state index in [1.807, 2.05) is 0 Å². The molecule has 20 heavy (non-hydrogen) atoms. The molecule has 0 aliphatic carbocycles. The van der Waals surface area contributed by atoms with E-state index in [2.05, 4.69) is 26.0 Å². The number of rotatable bonds is 3. The van der Waals surface area contributed by atoms with E-state index in [1.165, 1.54) is 11.6 Å². The summed E-state index contributed by atoms with van der Waals surface area (Å²) in [5, 5.41) is 2.66. The van der Waals surface area contributed by atoms with Crippen molar-refractivity contribution < 1.29 is 4.79 Å². The molecule has 0 radical (unpaired) electrons. The molecule has 0 amide bonds. The van der Waals surface area contributed by atoms with E-state index in [0.29, 0.717) is 15.6 Å². The van der Waals surface area contributed by atoms with Crippen molar-refractivity contribution >= 4 is 33.5 Å². The molecule has 1 aromatic carbocycles. The Labute approximate surface area is 126 Å². The maximum atomic E-state index is 11.6. The summed E-state index contributed by atoms with van der Waals surface area (Å²) in [6, 6.07) is 5.22. The molecule has 0 saturated heterocycles. The number of H-pyrrole nitrogens is 1. The van der Waals surface area contributed by atoms with Gasteiger partial charge >= 0.3 is 11.1 Å². The molecule has 0 fully saturated rings. The van der Waals surface area contributed by atoms with Crippen LogP contribution in [0.2, 0.25) is 0 Å². The minimum Gasteiger partial charge on any atom is -0.294 e. The molecule has 0 saturated carbocycles. The lowest BCUT2D eigenvalue weighted by atomic mass is 10.1. The van der Waals surface area contributed by atoms with Crippen molar-refractivity contribution in [1.29, 1.82) is 0 Å². The molecule has 0 aliphatic heterocycles. The van der Waals surface area contributed by atoms with E-state index in [1.54, 1.807) is 25.2 Å². The molecule has 1 heterocycles. The van der Waals surface area contributed by atoms with Gasteiger partial charge in [-0.05, 0) is 36.9 Å². The average molecular weight is 356 g/mol. The molecule has 0 aliphatic rings. The van der Waals surface area contributed by atoms with E-state index in [0.717, 1.165) is 16.2 Å². The number of Topliss-reactive ketones (excluding diaryl/α,β-unsaturated/α-hetero) is 1. The van der Waals surface area contributed by atoms with Crippen molar-refractivity contribution in [3.63, 3.8) is 0 Å². The molecular formula is C12H10BrN3O3S. The maximum Gasteiger partial charge on any atom is 0.339 e. The van der Waals surface area contributed by atoms with Gasteiger partial charge in [-0.15, -0.1) is 0 Å². The van der Waals surface area contributed by atoms with Crippen LogP contribution >= 0.6 is 27.7 Å². The van der Waals surface area contributed by atoms with Gasteiger partial charge in [0.05, 0.1) is 0 Å². The average Bonchev–Trinajstić information content (AvgIpc) is 2.35. The highest BCUT2D eigenvalue weighted by atomic mass is 79.9. The number of benzene rings is 1. The maximum absolute atomic E-state index is 11.6. The molecule has 0 spiro atoms. The van der Waals surface area contributed by atoms with Crippen molar-refractivity contribution in [2.24, 2.45) is 7.05 Å². The van der Waals surface area contributed by atoms with Crippen LogP contribution in [0.3, 0.4) is 0 Å². The number of carbonyl (C=O) groups excluding carboxylic acids is 1. The van der Waals surface area contributed by atoms with Gasteiger partial charge in [-0.25, -0.2) is 0 Å². The Kier molecular flexibility index (Phi) is 4.24. The number of halogens is 1. The van der Waals surface area contributed by atoms with Crippen molar-refractivity contribution in [3.05, 3.63) is 48.9 Å². The highest BCUT2D eigenvalue weighted by molar-refractivity contribution is 9.10. The van der Waals surface area contributed by atoms with Gasteiger partial charge in [-0.3, -0.25) is 24.2 Å². The molecular weight excluding hydrogens is 346 g/mol. The van der Waals surface area contributed by atoms with E-state index >= 15 is 0 Å². The third-order valence-electron chi connectivity index (χ3n) is 2.47. The standard InChI is InChI=1S/C12H10BrN3O3S/c1-6(17)8-4-3-7(13)5-9(8)20-12-14-10(18)11(19)15-16(12)2/h3-5H,1-2H3,(H,15,19). The number of hydrogen-bond donors (Lipinski definition) is 1. The summed E-state index contributed by atoms with van der Waals surface area (Å²) in [4.78, 5) is 38.4. The monoisotopic (exact) mass is 355 g/mol. The third kappa shape index (κ3) is 3.07. The Bertz CT molecular complexity index is 797. The van der Waals surface area contributed by atoms with Gasteiger partial charge in [0, 0.05) is 22.0 Å². The van der Waals surface area contributed by atoms with E-state index in [9.17, 15) is 14.4 Å². The topological polar surface area (TPSA) is 84.8 Å². The summed E-state index contributed by atoms with van der Waals surface area (Å²) in [5.41, 5.74) is -1.11. The molecule has 6 nitrogen and oxygen atoms in total. The van der Waals surface area contributed by atoms with Crippen LogP contribution in [-0.2, 0) is 7.05 Å². The first-order chi connectivity index (χ1) is 9.38. The van der Waals surface area contributed by atoms with Gasteiger partial charge in [0.25, 0.3) is 0 Å². The van der Waals surface area contributed by atoms with Crippen LogP contribution < -0.4 is 11.1 Å². The van der Waals surface area contributed by atoms with Crippen LogP contribution in [0.5, 0.6) is 0 Å². The Morgan fingerprint density at radius 1 is 1.40 bits per heavy atom. The predicted octanol–water partition coefficient (Wildman–Crippen LogP) is 1.58. The van der Waals surface area contributed by atoms with Crippen molar-refractivity contribution in [2.75, 3.05) is 0 Å². The predicted molar refractivity (Wildman–Crippen MR) is 78.4 cm³/mol. The lowest BCUT2D eigenvalue weighted by Gasteiger charge is -2.09. The molecule has 1 N–H and O–H groups in total. The van der Waals surface area contributed by atoms with Crippen molar-refractivity contribution in [1.82, 2.24) is 14.8 Å². The molecule has 0 atom stereocenters. The Hall–Kier alpha value is -1.67. The molecule has 0 unspecified atom stereocenters. The highest BCUT2D eigenvalue weighted by Crippen LogP contribution is 2.30. The molecule has 1 aromatic heterocycles. The normalized spacial score (nSPS) is 10.6. The fourth-order valence-electron chi connectivity index (χ4n) is 1.52. The zero-order valence-corrected chi connectivity index (χ0v) is 13.0. The minimum absolute atomic E-state index is 0.0885. The largest absolute Gasteiger partial charge is 0.339 e. The molecule has 0 bridgehead atoms. The second kappa shape index (κ2) is 5.76. The van der Waals surface area contributed by atoms with Gasteiger partial charge in [0.1, 0.15) is 0 Å². The second-order valence-electron chi connectivity index (χ2n) is 4.00. The first-order valence-electron chi connectivity index (χ1n) is 5.54. The number of carbonyl (C=O) groups is 1. The molecule has 2 rings (SSSR count). The molecule has 104 valence electrons. The number of aromatic nitrogens is 3. The first-order valence-corrected chi connectivity index (χ1v) is 7.15. The zero-order valence-electron chi connectivity index (χ0n) is 10.6. The number of ketones is 1. The van der Waals surface area contributed by atoms with Gasteiger partial charge in [0.2, 0.25) is 0 Å². The van der Waals surface area contributed by atoms with Gasteiger partial charge < -0.3 is 0 Å². The fourth-order valence-corrected chi connectivity index (χ4v) is 3.05. The summed E-state index contributed by atoms with van der Waals surface area (Å²) in [5.74, 6) is -0.0885. The van der Waals surface area contributed by atoms with E-state index in [-0.39, 0.29) is 5.78 Å². The minimum atomic E-state index is -0.857. The van der Waals surface area contributed by atoms with Crippen molar-refractivity contribution in [3.8, 4) is 0 Å². The molecule has 2 aromatic rings.